The standard InChI is InChI=1S/C13H19N3O3/c1-19-9-13(4-2-3-5-13)8-16-11-10(12(17)18)14-6-7-15-11/h6-7H,2-5,8-9H2,1H3,(H,15,16)(H,17,18). The molecule has 0 radical (unpaired) electrons. The SMILES string of the molecule is COCC1(CNc2nccnc2C(=O)O)CCCC1. The molecule has 6 heteroatoms. The molecule has 1 fully saturated rings. The third-order valence-corrected chi connectivity index (χ3v) is 3.65. The van der Waals surface area contributed by atoms with Crippen molar-refractivity contribution in [2.45, 2.75) is 25.7 Å². The summed E-state index contributed by atoms with van der Waals surface area (Å²) >= 11 is 0. The minimum atomic E-state index is -1.07. The average Bonchev–Trinajstić information content (AvgIpc) is 2.86. The Hall–Kier alpha value is -1.69. The van der Waals surface area contributed by atoms with Crippen molar-refractivity contribution in [2.24, 2.45) is 5.41 Å². The normalized spacial score (nSPS) is 17.3. The molecular formula is C13H19N3O3. The number of carboxylic acids is 1. The molecule has 19 heavy (non-hydrogen) atoms. The number of carboxylic acid groups (broad SMARTS) is 1. The summed E-state index contributed by atoms with van der Waals surface area (Å²) in [5, 5.41) is 12.2. The molecule has 1 saturated carbocycles. The third kappa shape index (κ3) is 3.20. The summed E-state index contributed by atoms with van der Waals surface area (Å²) in [5.74, 6) is -0.736. The highest BCUT2D eigenvalue weighted by molar-refractivity contribution is 5.90. The maximum atomic E-state index is 11.1. The van der Waals surface area contributed by atoms with Crippen LogP contribution in [0, 0.1) is 5.41 Å². The first-order chi connectivity index (χ1) is 9.17. The molecule has 1 aromatic rings. The van der Waals surface area contributed by atoms with Gasteiger partial charge in [0.05, 0.1) is 6.61 Å². The maximum absolute atomic E-state index is 11.1. The number of anilines is 1. The van der Waals surface area contributed by atoms with Crippen molar-refractivity contribution in [1.29, 1.82) is 0 Å². The van der Waals surface area contributed by atoms with Gasteiger partial charge in [-0.15, -0.1) is 0 Å². The lowest BCUT2D eigenvalue weighted by molar-refractivity contribution is 0.0690. The number of aromatic nitrogens is 2. The molecule has 0 unspecified atom stereocenters. The fourth-order valence-corrected chi connectivity index (χ4v) is 2.70. The Bertz CT molecular complexity index is 445. The molecule has 1 aliphatic rings. The Morgan fingerprint density at radius 1 is 1.42 bits per heavy atom. The molecule has 2 rings (SSSR count). The Kier molecular flexibility index (Phi) is 4.31. The summed E-state index contributed by atoms with van der Waals surface area (Å²) in [6.07, 6.45) is 7.45. The molecule has 6 nitrogen and oxygen atoms in total. The number of methoxy groups -OCH3 is 1. The zero-order chi connectivity index (χ0) is 13.7. The van der Waals surface area contributed by atoms with E-state index in [0.717, 1.165) is 12.8 Å². The van der Waals surface area contributed by atoms with Crippen LogP contribution < -0.4 is 5.32 Å². The second kappa shape index (κ2) is 5.97. The molecule has 104 valence electrons. The number of carbonyl (C=O) groups is 1. The Balaban J connectivity index is 2.07. The van der Waals surface area contributed by atoms with Gasteiger partial charge in [0.2, 0.25) is 0 Å². The second-order valence-corrected chi connectivity index (χ2v) is 5.05. The summed E-state index contributed by atoms with van der Waals surface area (Å²) in [6, 6.07) is 0. The lowest BCUT2D eigenvalue weighted by atomic mass is 9.87. The first kappa shape index (κ1) is 13.7. The van der Waals surface area contributed by atoms with Crippen LogP contribution in [-0.4, -0.2) is 41.3 Å². The van der Waals surface area contributed by atoms with Gasteiger partial charge in [-0.1, -0.05) is 12.8 Å². The van der Waals surface area contributed by atoms with E-state index in [0.29, 0.717) is 19.0 Å². The minimum absolute atomic E-state index is 0.0342. The number of rotatable bonds is 6. The van der Waals surface area contributed by atoms with Crippen LogP contribution in [0.15, 0.2) is 12.4 Å². The van der Waals surface area contributed by atoms with Crippen LogP contribution in [0.3, 0.4) is 0 Å². The molecule has 1 heterocycles. The van der Waals surface area contributed by atoms with Crippen molar-refractivity contribution in [3.8, 4) is 0 Å². The van der Waals surface area contributed by atoms with Crippen molar-refractivity contribution in [3.05, 3.63) is 18.1 Å². The molecule has 0 spiro atoms. The monoisotopic (exact) mass is 265 g/mol. The lowest BCUT2D eigenvalue weighted by Crippen LogP contribution is -2.32. The van der Waals surface area contributed by atoms with Gasteiger partial charge < -0.3 is 15.2 Å². The van der Waals surface area contributed by atoms with Gasteiger partial charge in [-0.25, -0.2) is 14.8 Å². The summed E-state index contributed by atoms with van der Waals surface area (Å²) in [6.45, 7) is 1.35. The number of hydrogen-bond acceptors (Lipinski definition) is 5. The van der Waals surface area contributed by atoms with Gasteiger partial charge in [-0.05, 0) is 12.8 Å². The predicted molar refractivity (Wildman–Crippen MR) is 70.3 cm³/mol. The fraction of sp³-hybridized carbons (Fsp3) is 0.615. The largest absolute Gasteiger partial charge is 0.476 e. The van der Waals surface area contributed by atoms with Crippen LogP contribution >= 0.6 is 0 Å². The van der Waals surface area contributed by atoms with Crippen LogP contribution in [0.4, 0.5) is 5.82 Å². The van der Waals surface area contributed by atoms with E-state index in [1.54, 1.807) is 7.11 Å². The van der Waals surface area contributed by atoms with Gasteiger partial charge >= 0.3 is 5.97 Å². The van der Waals surface area contributed by atoms with Crippen molar-refractivity contribution in [2.75, 3.05) is 25.6 Å². The topological polar surface area (TPSA) is 84.3 Å². The van der Waals surface area contributed by atoms with E-state index in [-0.39, 0.29) is 11.1 Å². The highest BCUT2D eigenvalue weighted by atomic mass is 16.5. The van der Waals surface area contributed by atoms with Gasteiger partial charge in [0.15, 0.2) is 11.5 Å². The summed E-state index contributed by atoms with van der Waals surface area (Å²) in [5.41, 5.74) is 0.0512. The number of ether oxygens (including phenoxy) is 1. The maximum Gasteiger partial charge on any atom is 0.358 e. The van der Waals surface area contributed by atoms with Gasteiger partial charge in [0, 0.05) is 31.5 Å². The van der Waals surface area contributed by atoms with Crippen molar-refractivity contribution in [1.82, 2.24) is 9.97 Å². The highest BCUT2D eigenvalue weighted by Gasteiger charge is 2.34. The van der Waals surface area contributed by atoms with Crippen LogP contribution in [-0.2, 0) is 4.74 Å². The second-order valence-electron chi connectivity index (χ2n) is 5.05. The molecule has 2 N–H and O–H groups in total. The van der Waals surface area contributed by atoms with Crippen molar-refractivity contribution < 1.29 is 14.6 Å². The van der Waals surface area contributed by atoms with Gasteiger partial charge in [-0.2, -0.15) is 0 Å². The lowest BCUT2D eigenvalue weighted by Gasteiger charge is -2.28. The molecule has 0 saturated heterocycles. The first-order valence-corrected chi connectivity index (χ1v) is 6.44. The zero-order valence-electron chi connectivity index (χ0n) is 11.1. The van der Waals surface area contributed by atoms with Crippen LogP contribution in [0.5, 0.6) is 0 Å². The summed E-state index contributed by atoms with van der Waals surface area (Å²) in [4.78, 5) is 18.9. The highest BCUT2D eigenvalue weighted by Crippen LogP contribution is 2.38. The Labute approximate surface area is 112 Å². The smallest absolute Gasteiger partial charge is 0.358 e. The number of nitrogens with zero attached hydrogens (tertiary/aromatic N) is 2. The number of hydrogen-bond donors (Lipinski definition) is 2. The van der Waals surface area contributed by atoms with E-state index >= 15 is 0 Å². The quantitative estimate of drug-likeness (QED) is 0.815. The molecule has 1 aliphatic carbocycles. The molecule has 0 atom stereocenters. The molecule has 1 aromatic heterocycles. The van der Waals surface area contributed by atoms with E-state index in [4.69, 9.17) is 9.84 Å². The van der Waals surface area contributed by atoms with E-state index < -0.39 is 5.97 Å². The number of nitrogens with one attached hydrogen (secondary N) is 1. The number of aromatic carboxylic acids is 1. The molecule has 0 aromatic carbocycles. The Morgan fingerprint density at radius 2 is 2.11 bits per heavy atom. The van der Waals surface area contributed by atoms with Crippen LogP contribution in [0.1, 0.15) is 36.2 Å². The van der Waals surface area contributed by atoms with Crippen LogP contribution in [0.25, 0.3) is 0 Å². The van der Waals surface area contributed by atoms with Gasteiger partial charge in [0.25, 0.3) is 0 Å². The molecule has 0 bridgehead atoms. The van der Waals surface area contributed by atoms with Gasteiger partial charge in [-0.3, -0.25) is 0 Å². The minimum Gasteiger partial charge on any atom is -0.476 e. The summed E-state index contributed by atoms with van der Waals surface area (Å²) in [7, 11) is 1.70. The molecule has 0 amide bonds. The first-order valence-electron chi connectivity index (χ1n) is 6.44. The summed E-state index contributed by atoms with van der Waals surface area (Å²) < 4.78 is 5.30. The van der Waals surface area contributed by atoms with Gasteiger partial charge in [0.1, 0.15) is 0 Å². The van der Waals surface area contributed by atoms with E-state index in [2.05, 4.69) is 15.3 Å². The average molecular weight is 265 g/mol. The molecular weight excluding hydrogens is 246 g/mol. The van der Waals surface area contributed by atoms with Crippen molar-refractivity contribution >= 4 is 11.8 Å². The zero-order valence-corrected chi connectivity index (χ0v) is 11.1. The van der Waals surface area contributed by atoms with Crippen LogP contribution in [0.2, 0.25) is 0 Å². The third-order valence-electron chi connectivity index (χ3n) is 3.65. The predicted octanol–water partition coefficient (Wildman–Crippen LogP) is 1.79. The molecule has 0 aliphatic heterocycles. The Morgan fingerprint density at radius 3 is 2.74 bits per heavy atom. The van der Waals surface area contributed by atoms with Crippen molar-refractivity contribution in [3.63, 3.8) is 0 Å². The van der Waals surface area contributed by atoms with E-state index in [9.17, 15) is 4.79 Å². The fourth-order valence-electron chi connectivity index (χ4n) is 2.70. The van der Waals surface area contributed by atoms with E-state index in [1.165, 1.54) is 25.2 Å². The van der Waals surface area contributed by atoms with E-state index in [1.807, 2.05) is 0 Å².